The Morgan fingerprint density at radius 2 is 1.61 bits per heavy atom. The van der Waals surface area contributed by atoms with E-state index in [-0.39, 0.29) is 0 Å². The minimum atomic E-state index is 1.09. The lowest BCUT2D eigenvalue weighted by Crippen LogP contribution is -2.61. The molecule has 0 atom stereocenters. The zero-order chi connectivity index (χ0) is 15.9. The Hall–Kier alpha value is -2.13. The molecule has 0 radical (unpaired) electrons. The van der Waals surface area contributed by atoms with E-state index in [0.717, 1.165) is 24.2 Å². The maximum Gasteiger partial charge on any atom is 0.203 e. The smallest absolute Gasteiger partial charge is 0.203 e. The summed E-state index contributed by atoms with van der Waals surface area (Å²) in [5, 5.41) is 3.38. The topological polar surface area (TPSA) is 26.0 Å². The Morgan fingerprint density at radius 3 is 2.35 bits per heavy atom. The largest absolute Gasteiger partial charge is 0.361 e. The normalized spacial score (nSPS) is 17.0. The molecule has 116 valence electrons. The average Bonchev–Trinajstić information content (AvgIpc) is 2.61. The first-order valence-corrected chi connectivity index (χ1v) is 8.67. The number of rotatable bonds is 4. The Labute approximate surface area is 145 Å². The van der Waals surface area contributed by atoms with Crippen LogP contribution in [0.1, 0.15) is 19.3 Å². The number of benzene rings is 2. The van der Waals surface area contributed by atoms with Crippen LogP contribution in [0.2, 0.25) is 0 Å². The number of allylic oxidation sites excluding steroid dienone is 3. The molecular weight excluding hydrogens is 348 g/mol. The summed E-state index contributed by atoms with van der Waals surface area (Å²) >= 11 is 3.77. The molecule has 23 heavy (non-hydrogen) atoms. The molecule has 0 bridgehead atoms. The molecule has 0 amide bonds. The van der Waals surface area contributed by atoms with Gasteiger partial charge in [-0.3, -0.25) is 0 Å². The summed E-state index contributed by atoms with van der Waals surface area (Å²) in [6.45, 7) is 0. The number of halogens is 1. The molecule has 3 heteroatoms. The van der Waals surface area contributed by atoms with Gasteiger partial charge in [0.2, 0.25) is 5.69 Å². The van der Waals surface area contributed by atoms with Crippen molar-refractivity contribution in [3.8, 4) is 0 Å². The molecule has 0 spiro atoms. The fraction of sp³-hybridized carbons (Fsp3) is 0.150. The first-order valence-electron chi connectivity index (χ1n) is 7.87. The van der Waals surface area contributed by atoms with Crippen molar-refractivity contribution >= 4 is 33.5 Å². The highest BCUT2D eigenvalue weighted by Gasteiger charge is 2.15. The van der Waals surface area contributed by atoms with Gasteiger partial charge in [-0.1, -0.05) is 36.4 Å². The summed E-state index contributed by atoms with van der Waals surface area (Å²) in [6, 6.07) is 20.5. The number of hydrogen-bond donors (Lipinski definition) is 2. The van der Waals surface area contributed by atoms with Gasteiger partial charge >= 0.3 is 0 Å². The quantitative estimate of drug-likeness (QED) is 0.774. The molecule has 0 aromatic heterocycles. The molecule has 0 saturated carbocycles. The van der Waals surface area contributed by atoms with Crippen LogP contribution in [0.5, 0.6) is 0 Å². The Kier molecular flexibility index (Phi) is 5.43. The molecule has 2 aromatic rings. The van der Waals surface area contributed by atoms with Crippen molar-refractivity contribution in [2.24, 2.45) is 0 Å². The van der Waals surface area contributed by atoms with Crippen LogP contribution < -0.4 is 10.3 Å². The van der Waals surface area contributed by atoms with Crippen LogP contribution in [0.25, 0.3) is 0 Å². The maximum atomic E-state index is 3.77. The highest BCUT2D eigenvalue weighted by molar-refractivity contribution is 9.12. The number of para-hydroxylation sites is 2. The van der Waals surface area contributed by atoms with Gasteiger partial charge in [0.1, 0.15) is 0 Å². The van der Waals surface area contributed by atoms with Gasteiger partial charge in [0.15, 0.2) is 6.21 Å². The molecular formula is C20H20BrN2+. The van der Waals surface area contributed by atoms with Gasteiger partial charge in [-0.25, -0.2) is 4.99 Å². The number of hydrogen-bond acceptors (Lipinski definition) is 1. The van der Waals surface area contributed by atoms with Gasteiger partial charge in [-0.15, -0.1) is 0 Å². The second-order valence-electron chi connectivity index (χ2n) is 5.53. The predicted octanol–water partition coefficient (Wildman–Crippen LogP) is 4.30. The van der Waals surface area contributed by atoms with Crippen LogP contribution in [0.15, 0.2) is 82.5 Å². The van der Waals surface area contributed by atoms with Crippen molar-refractivity contribution in [2.45, 2.75) is 19.3 Å². The van der Waals surface area contributed by atoms with E-state index in [9.17, 15) is 0 Å². The monoisotopic (exact) mass is 367 g/mol. The first kappa shape index (κ1) is 15.8. The third-order valence-electron chi connectivity index (χ3n) is 3.83. The number of nitrogens with one attached hydrogen (secondary N) is 2. The van der Waals surface area contributed by atoms with E-state index in [1.165, 1.54) is 22.0 Å². The van der Waals surface area contributed by atoms with Crippen LogP contribution in [0.3, 0.4) is 0 Å². The van der Waals surface area contributed by atoms with Gasteiger partial charge in [0, 0.05) is 34.1 Å². The van der Waals surface area contributed by atoms with Crippen LogP contribution in [0, 0.1) is 0 Å². The standard InChI is InChI=1S/C20H19BrN2/c21-20-16(14-22-18-10-3-1-4-11-18)8-7-9-17(20)15-23-19-12-5-2-6-13-19/h1-6,10-15,22H,7-9H2/p+1/b16-14+,23-15?. The van der Waals surface area contributed by atoms with Crippen molar-refractivity contribution in [2.75, 3.05) is 5.32 Å². The lowest BCUT2D eigenvalue weighted by atomic mass is 9.96. The Balaban J connectivity index is 1.76. The van der Waals surface area contributed by atoms with Gasteiger partial charge in [-0.05, 0) is 52.9 Å². The molecule has 0 heterocycles. The van der Waals surface area contributed by atoms with Crippen molar-refractivity contribution in [3.05, 3.63) is 82.5 Å². The van der Waals surface area contributed by atoms with Crippen molar-refractivity contribution in [1.29, 1.82) is 0 Å². The fourth-order valence-electron chi connectivity index (χ4n) is 2.58. The van der Waals surface area contributed by atoms with Crippen molar-refractivity contribution < 1.29 is 4.99 Å². The lowest BCUT2D eigenvalue weighted by Gasteiger charge is -2.16. The SMILES string of the molecule is BrC1=C(C=[NH+]c2ccccc2)CCC/C1=C\Nc1ccccc1. The highest BCUT2D eigenvalue weighted by Crippen LogP contribution is 2.32. The van der Waals surface area contributed by atoms with E-state index in [4.69, 9.17) is 0 Å². The molecule has 2 N–H and O–H groups in total. The molecule has 1 aliphatic carbocycles. The molecule has 2 aromatic carbocycles. The van der Waals surface area contributed by atoms with Crippen LogP contribution >= 0.6 is 15.9 Å². The number of anilines is 1. The van der Waals surface area contributed by atoms with Crippen LogP contribution in [-0.2, 0) is 0 Å². The van der Waals surface area contributed by atoms with Crippen LogP contribution in [0.4, 0.5) is 11.4 Å². The highest BCUT2D eigenvalue weighted by atomic mass is 79.9. The molecule has 0 aliphatic heterocycles. The van der Waals surface area contributed by atoms with E-state index in [2.05, 4.69) is 62.9 Å². The fourth-order valence-corrected chi connectivity index (χ4v) is 3.20. The summed E-state index contributed by atoms with van der Waals surface area (Å²) in [5.41, 5.74) is 4.83. The summed E-state index contributed by atoms with van der Waals surface area (Å²) in [7, 11) is 0. The van der Waals surface area contributed by atoms with Gasteiger partial charge in [0.05, 0.1) is 0 Å². The van der Waals surface area contributed by atoms with E-state index in [1.807, 2.05) is 36.4 Å². The summed E-state index contributed by atoms with van der Waals surface area (Å²) in [6.07, 6.45) is 7.55. The summed E-state index contributed by atoms with van der Waals surface area (Å²) < 4.78 is 1.19. The minimum absolute atomic E-state index is 1.09. The predicted molar refractivity (Wildman–Crippen MR) is 101 cm³/mol. The van der Waals surface area contributed by atoms with Gasteiger partial charge in [0.25, 0.3) is 0 Å². The zero-order valence-electron chi connectivity index (χ0n) is 12.9. The van der Waals surface area contributed by atoms with Crippen molar-refractivity contribution in [3.63, 3.8) is 0 Å². The Bertz CT molecular complexity index is 731. The van der Waals surface area contributed by atoms with Crippen LogP contribution in [-0.4, -0.2) is 6.21 Å². The second-order valence-corrected chi connectivity index (χ2v) is 6.32. The van der Waals surface area contributed by atoms with Crippen molar-refractivity contribution in [1.82, 2.24) is 0 Å². The molecule has 1 aliphatic rings. The molecule has 0 unspecified atom stereocenters. The third kappa shape index (κ3) is 4.42. The molecule has 3 rings (SSSR count). The first-order chi connectivity index (χ1) is 11.3. The third-order valence-corrected chi connectivity index (χ3v) is 4.85. The Morgan fingerprint density at radius 1 is 0.913 bits per heavy atom. The summed E-state index contributed by atoms with van der Waals surface area (Å²) in [5.74, 6) is 0. The molecule has 2 nitrogen and oxygen atoms in total. The van der Waals surface area contributed by atoms with Gasteiger partial charge in [-0.2, -0.15) is 0 Å². The average molecular weight is 368 g/mol. The van der Waals surface area contributed by atoms with E-state index < -0.39 is 0 Å². The summed E-state index contributed by atoms with van der Waals surface area (Å²) in [4.78, 5) is 3.38. The lowest BCUT2D eigenvalue weighted by molar-refractivity contribution is -0.347. The minimum Gasteiger partial charge on any atom is -0.361 e. The zero-order valence-corrected chi connectivity index (χ0v) is 14.5. The maximum absolute atomic E-state index is 3.77. The van der Waals surface area contributed by atoms with Gasteiger partial charge < -0.3 is 5.32 Å². The second kappa shape index (κ2) is 7.93. The molecule has 0 fully saturated rings. The van der Waals surface area contributed by atoms with E-state index in [0.29, 0.717) is 0 Å². The molecule has 0 saturated heterocycles. The van der Waals surface area contributed by atoms with E-state index in [1.54, 1.807) is 0 Å². The van der Waals surface area contributed by atoms with E-state index >= 15 is 0 Å².